The van der Waals surface area contributed by atoms with Crippen molar-refractivity contribution in [2.75, 3.05) is 0 Å². The molecule has 2 fully saturated rings. The molecular weight excluding hydrogens is 132 g/mol. The highest BCUT2D eigenvalue weighted by molar-refractivity contribution is 4.93. The Kier molecular flexibility index (Phi) is 1.74. The molecule has 0 spiro atoms. The van der Waals surface area contributed by atoms with E-state index >= 15 is 0 Å². The molecule has 0 amide bonds. The Morgan fingerprint density at radius 1 is 1.00 bits per heavy atom. The molecule has 64 valence electrons. The van der Waals surface area contributed by atoms with Crippen molar-refractivity contribution in [3.63, 3.8) is 0 Å². The molecule has 0 saturated heterocycles. The lowest BCUT2D eigenvalue weighted by molar-refractivity contribution is 0.0221. The highest BCUT2D eigenvalue weighted by Gasteiger charge is 2.43. The van der Waals surface area contributed by atoms with Crippen LogP contribution in [0, 0.1) is 17.3 Å². The average Bonchev–Trinajstić information content (AvgIpc) is 2.38. The molecule has 0 aliphatic heterocycles. The molecule has 0 aromatic heterocycles. The Labute approximate surface area is 70.4 Å². The monoisotopic (exact) mass is 152 g/mol. The van der Waals surface area contributed by atoms with Crippen LogP contribution in [0.5, 0.6) is 0 Å². The van der Waals surface area contributed by atoms with Gasteiger partial charge in [0.25, 0.3) is 0 Å². The molecule has 0 aromatic carbocycles. The van der Waals surface area contributed by atoms with Gasteiger partial charge in [0.05, 0.1) is 0 Å². The number of hydrogen-bond donors (Lipinski definition) is 0. The van der Waals surface area contributed by atoms with Crippen LogP contribution in [0.15, 0.2) is 0 Å². The maximum atomic E-state index is 2.46. The van der Waals surface area contributed by atoms with Crippen molar-refractivity contribution in [3.05, 3.63) is 0 Å². The normalized spacial score (nSPS) is 37.1. The molecule has 0 aromatic rings. The maximum absolute atomic E-state index is 2.46. The van der Waals surface area contributed by atoms with E-state index in [9.17, 15) is 0 Å². The van der Waals surface area contributed by atoms with Crippen molar-refractivity contribution >= 4 is 0 Å². The zero-order valence-corrected chi connectivity index (χ0v) is 7.90. The SMILES string of the molecule is CC1(C)CCC1C1CCCC1. The average molecular weight is 152 g/mol. The highest BCUT2D eigenvalue weighted by Crippen LogP contribution is 2.53. The van der Waals surface area contributed by atoms with Crippen LogP contribution < -0.4 is 0 Å². The van der Waals surface area contributed by atoms with E-state index in [0.717, 1.165) is 11.8 Å². The molecule has 1 atom stereocenters. The summed E-state index contributed by atoms with van der Waals surface area (Å²) >= 11 is 0. The zero-order chi connectivity index (χ0) is 7.90. The third-order valence-electron chi connectivity index (χ3n) is 4.07. The summed E-state index contributed by atoms with van der Waals surface area (Å²) in [5.74, 6) is 2.20. The van der Waals surface area contributed by atoms with Gasteiger partial charge in [-0.2, -0.15) is 0 Å². The summed E-state index contributed by atoms with van der Waals surface area (Å²) in [5, 5.41) is 0. The van der Waals surface area contributed by atoms with Crippen LogP contribution in [0.4, 0.5) is 0 Å². The van der Waals surface area contributed by atoms with Crippen molar-refractivity contribution in [2.24, 2.45) is 17.3 Å². The summed E-state index contributed by atoms with van der Waals surface area (Å²) in [6.45, 7) is 4.92. The van der Waals surface area contributed by atoms with Crippen molar-refractivity contribution in [1.29, 1.82) is 0 Å². The van der Waals surface area contributed by atoms with Gasteiger partial charge in [0.1, 0.15) is 0 Å². The summed E-state index contributed by atoms with van der Waals surface area (Å²) < 4.78 is 0. The zero-order valence-electron chi connectivity index (χ0n) is 7.90. The fourth-order valence-electron chi connectivity index (χ4n) is 3.12. The summed E-state index contributed by atoms with van der Waals surface area (Å²) in [7, 11) is 0. The van der Waals surface area contributed by atoms with Crippen LogP contribution in [-0.4, -0.2) is 0 Å². The van der Waals surface area contributed by atoms with Crippen molar-refractivity contribution in [2.45, 2.75) is 52.4 Å². The third kappa shape index (κ3) is 1.21. The Hall–Kier alpha value is 0. The lowest BCUT2D eigenvalue weighted by Gasteiger charge is -2.48. The smallest absolute Gasteiger partial charge is 0.0323 e. The predicted octanol–water partition coefficient (Wildman–Crippen LogP) is 3.61. The van der Waals surface area contributed by atoms with E-state index in [1.165, 1.54) is 38.5 Å². The molecule has 0 heterocycles. The molecule has 0 bridgehead atoms. The fourth-order valence-corrected chi connectivity index (χ4v) is 3.12. The first-order valence-corrected chi connectivity index (χ1v) is 5.20. The van der Waals surface area contributed by atoms with Gasteiger partial charge in [-0.15, -0.1) is 0 Å². The Morgan fingerprint density at radius 2 is 1.64 bits per heavy atom. The largest absolute Gasteiger partial charge is 0.0596 e. The standard InChI is InChI=1S/C11H20/c1-11(2)8-7-10(11)9-5-3-4-6-9/h9-10H,3-8H2,1-2H3. The van der Waals surface area contributed by atoms with E-state index in [4.69, 9.17) is 0 Å². The van der Waals surface area contributed by atoms with Crippen LogP contribution >= 0.6 is 0 Å². The minimum absolute atomic E-state index is 0.703. The van der Waals surface area contributed by atoms with Crippen LogP contribution in [-0.2, 0) is 0 Å². The molecular formula is C11H20. The molecule has 0 radical (unpaired) electrons. The minimum atomic E-state index is 0.703. The van der Waals surface area contributed by atoms with Crippen LogP contribution in [0.2, 0.25) is 0 Å². The van der Waals surface area contributed by atoms with E-state index in [-0.39, 0.29) is 0 Å². The summed E-state index contributed by atoms with van der Waals surface area (Å²) in [6, 6.07) is 0. The number of hydrogen-bond acceptors (Lipinski definition) is 0. The van der Waals surface area contributed by atoms with Gasteiger partial charge in [-0.05, 0) is 30.1 Å². The third-order valence-corrected chi connectivity index (χ3v) is 4.07. The molecule has 2 saturated carbocycles. The molecule has 2 aliphatic carbocycles. The molecule has 0 heteroatoms. The lowest BCUT2D eigenvalue weighted by Crippen LogP contribution is -2.38. The second-order valence-electron chi connectivity index (χ2n) is 5.18. The summed E-state index contributed by atoms with van der Waals surface area (Å²) in [4.78, 5) is 0. The molecule has 0 nitrogen and oxygen atoms in total. The second kappa shape index (κ2) is 2.50. The highest BCUT2D eigenvalue weighted by atomic mass is 14.5. The molecule has 2 aliphatic rings. The fraction of sp³-hybridized carbons (Fsp3) is 1.00. The predicted molar refractivity (Wildman–Crippen MR) is 48.5 cm³/mol. The van der Waals surface area contributed by atoms with E-state index < -0.39 is 0 Å². The van der Waals surface area contributed by atoms with Gasteiger partial charge in [0.15, 0.2) is 0 Å². The molecule has 0 N–H and O–H groups in total. The molecule has 2 rings (SSSR count). The lowest BCUT2D eigenvalue weighted by atomic mass is 9.57. The van der Waals surface area contributed by atoms with Crippen molar-refractivity contribution < 1.29 is 0 Å². The molecule has 11 heavy (non-hydrogen) atoms. The Morgan fingerprint density at radius 3 is 2.00 bits per heavy atom. The minimum Gasteiger partial charge on any atom is -0.0596 e. The first kappa shape index (κ1) is 7.64. The summed E-state index contributed by atoms with van der Waals surface area (Å²) in [5.41, 5.74) is 0.703. The first-order chi connectivity index (χ1) is 5.20. The topological polar surface area (TPSA) is 0 Å². The Balaban J connectivity index is 1.94. The van der Waals surface area contributed by atoms with Crippen LogP contribution in [0.25, 0.3) is 0 Å². The van der Waals surface area contributed by atoms with Gasteiger partial charge in [-0.3, -0.25) is 0 Å². The second-order valence-corrected chi connectivity index (χ2v) is 5.18. The maximum Gasteiger partial charge on any atom is -0.0323 e. The van der Waals surface area contributed by atoms with E-state index in [1.54, 1.807) is 0 Å². The van der Waals surface area contributed by atoms with Gasteiger partial charge in [-0.25, -0.2) is 0 Å². The first-order valence-electron chi connectivity index (χ1n) is 5.20. The van der Waals surface area contributed by atoms with Gasteiger partial charge < -0.3 is 0 Å². The van der Waals surface area contributed by atoms with Gasteiger partial charge in [-0.1, -0.05) is 39.5 Å². The van der Waals surface area contributed by atoms with Gasteiger partial charge >= 0.3 is 0 Å². The van der Waals surface area contributed by atoms with E-state index in [1.807, 2.05) is 0 Å². The van der Waals surface area contributed by atoms with E-state index in [2.05, 4.69) is 13.8 Å². The van der Waals surface area contributed by atoms with Crippen LogP contribution in [0.1, 0.15) is 52.4 Å². The molecule has 1 unspecified atom stereocenters. The Bertz CT molecular complexity index is 140. The van der Waals surface area contributed by atoms with Gasteiger partial charge in [0.2, 0.25) is 0 Å². The van der Waals surface area contributed by atoms with Crippen LogP contribution in [0.3, 0.4) is 0 Å². The van der Waals surface area contributed by atoms with Crippen molar-refractivity contribution in [3.8, 4) is 0 Å². The number of rotatable bonds is 1. The van der Waals surface area contributed by atoms with Gasteiger partial charge in [0, 0.05) is 0 Å². The van der Waals surface area contributed by atoms with Crippen molar-refractivity contribution in [1.82, 2.24) is 0 Å². The quantitative estimate of drug-likeness (QED) is 0.538. The summed E-state index contributed by atoms with van der Waals surface area (Å²) in [6.07, 6.45) is 9.10. The van der Waals surface area contributed by atoms with E-state index in [0.29, 0.717) is 5.41 Å².